The van der Waals surface area contributed by atoms with Gasteiger partial charge < -0.3 is 10.2 Å². The van der Waals surface area contributed by atoms with E-state index in [0.29, 0.717) is 17.1 Å². The summed E-state index contributed by atoms with van der Waals surface area (Å²) in [7, 11) is -2.01. The molecule has 0 saturated carbocycles. The van der Waals surface area contributed by atoms with E-state index in [0.717, 1.165) is 17.4 Å². The van der Waals surface area contributed by atoms with E-state index in [2.05, 4.69) is 5.32 Å². The van der Waals surface area contributed by atoms with Crippen LogP contribution in [0.4, 0.5) is 5.69 Å². The van der Waals surface area contributed by atoms with E-state index in [1.54, 1.807) is 36.2 Å². The van der Waals surface area contributed by atoms with E-state index in [4.69, 9.17) is 11.6 Å². The number of halogens is 1. The third kappa shape index (κ3) is 8.33. The molecule has 37 heavy (non-hydrogen) atoms. The average Bonchev–Trinajstić information content (AvgIpc) is 2.89. The van der Waals surface area contributed by atoms with Crippen molar-refractivity contribution in [2.24, 2.45) is 0 Å². The van der Waals surface area contributed by atoms with E-state index < -0.39 is 16.1 Å². The summed E-state index contributed by atoms with van der Waals surface area (Å²) in [6, 6.07) is 24.8. The molecule has 0 aliphatic heterocycles. The van der Waals surface area contributed by atoms with Crippen LogP contribution in [0, 0.1) is 0 Å². The van der Waals surface area contributed by atoms with E-state index in [1.807, 2.05) is 60.7 Å². The average molecular weight is 542 g/mol. The second-order valence-electron chi connectivity index (χ2n) is 8.74. The summed E-state index contributed by atoms with van der Waals surface area (Å²) >= 11 is 5.95. The van der Waals surface area contributed by atoms with Gasteiger partial charge in [-0.1, -0.05) is 72.3 Å². The molecule has 0 heterocycles. The highest BCUT2D eigenvalue weighted by Crippen LogP contribution is 2.22. The molecule has 3 aromatic rings. The minimum Gasteiger partial charge on any atom is -0.357 e. The zero-order valence-corrected chi connectivity index (χ0v) is 22.6. The number of nitrogens with zero attached hydrogens (tertiary/aromatic N) is 2. The number of anilines is 1. The Bertz CT molecular complexity index is 1270. The Balaban J connectivity index is 1.81. The van der Waals surface area contributed by atoms with Gasteiger partial charge in [0.1, 0.15) is 6.04 Å². The first-order valence-corrected chi connectivity index (χ1v) is 14.2. The van der Waals surface area contributed by atoms with Crippen LogP contribution >= 0.6 is 11.6 Å². The van der Waals surface area contributed by atoms with E-state index >= 15 is 0 Å². The summed E-state index contributed by atoms with van der Waals surface area (Å²) in [6.07, 6.45) is 1.85. The van der Waals surface area contributed by atoms with E-state index in [9.17, 15) is 18.0 Å². The zero-order valence-electron chi connectivity index (χ0n) is 21.0. The molecule has 0 aliphatic rings. The molecule has 0 unspecified atom stereocenters. The number of carbonyl (C=O) groups excluding carboxylic acids is 2. The van der Waals surface area contributed by atoms with Gasteiger partial charge in [-0.05, 0) is 41.8 Å². The van der Waals surface area contributed by atoms with Crippen molar-refractivity contribution in [3.05, 3.63) is 101 Å². The number of rotatable bonds is 12. The normalized spacial score (nSPS) is 12.0. The van der Waals surface area contributed by atoms with Crippen LogP contribution in [-0.4, -0.2) is 51.0 Å². The second-order valence-corrected chi connectivity index (χ2v) is 11.1. The third-order valence-electron chi connectivity index (χ3n) is 5.98. The monoisotopic (exact) mass is 541 g/mol. The van der Waals surface area contributed by atoms with Crippen molar-refractivity contribution in [1.29, 1.82) is 0 Å². The molecule has 196 valence electrons. The molecule has 9 heteroatoms. The number of hydrogen-bond acceptors (Lipinski definition) is 4. The van der Waals surface area contributed by atoms with Gasteiger partial charge in [0.05, 0.1) is 11.9 Å². The summed E-state index contributed by atoms with van der Waals surface area (Å²) in [5, 5.41) is 3.20. The molecule has 0 aliphatic carbocycles. The molecule has 2 amide bonds. The number of carbonyl (C=O) groups is 2. The van der Waals surface area contributed by atoms with Gasteiger partial charge in [-0.15, -0.1) is 0 Å². The second kappa shape index (κ2) is 13.3. The number of sulfonamides is 1. The lowest BCUT2D eigenvalue weighted by molar-refractivity contribution is -0.141. The van der Waals surface area contributed by atoms with Gasteiger partial charge in [-0.2, -0.15) is 0 Å². The molecule has 1 N–H and O–H groups in total. The molecular formula is C28H32ClN3O4S. The molecule has 0 bridgehead atoms. The number of nitrogens with one attached hydrogen (secondary N) is 1. The van der Waals surface area contributed by atoms with Crippen LogP contribution in [0.15, 0.2) is 84.9 Å². The maximum Gasteiger partial charge on any atom is 0.242 e. The van der Waals surface area contributed by atoms with Crippen molar-refractivity contribution < 1.29 is 18.0 Å². The SMILES string of the molecule is CNC(=O)[C@H](Cc1ccccc1)N(Cc1ccccc1)C(=O)CCCN(c1ccc(Cl)cc1)S(C)(=O)=O. The minimum atomic E-state index is -3.57. The largest absolute Gasteiger partial charge is 0.357 e. The summed E-state index contributed by atoms with van der Waals surface area (Å²) < 4.78 is 26.2. The summed E-state index contributed by atoms with van der Waals surface area (Å²) in [4.78, 5) is 28.1. The molecule has 3 aromatic carbocycles. The molecule has 0 spiro atoms. The van der Waals surface area contributed by atoms with Crippen LogP contribution < -0.4 is 9.62 Å². The first kappa shape index (κ1) is 28.2. The fourth-order valence-electron chi connectivity index (χ4n) is 4.11. The Morgan fingerprint density at radius 2 is 1.46 bits per heavy atom. The molecule has 1 atom stereocenters. The molecule has 0 fully saturated rings. The lowest BCUT2D eigenvalue weighted by atomic mass is 10.0. The van der Waals surface area contributed by atoms with Gasteiger partial charge >= 0.3 is 0 Å². The van der Waals surface area contributed by atoms with Crippen molar-refractivity contribution >= 4 is 39.1 Å². The van der Waals surface area contributed by atoms with Gasteiger partial charge in [0, 0.05) is 38.0 Å². The van der Waals surface area contributed by atoms with Crippen molar-refractivity contribution in [1.82, 2.24) is 10.2 Å². The van der Waals surface area contributed by atoms with Crippen molar-refractivity contribution in [2.45, 2.75) is 31.8 Å². The fraction of sp³-hybridized carbons (Fsp3) is 0.286. The van der Waals surface area contributed by atoms with Crippen molar-refractivity contribution in [3.63, 3.8) is 0 Å². The molecule has 0 aromatic heterocycles. The van der Waals surface area contributed by atoms with Crippen molar-refractivity contribution in [2.75, 3.05) is 24.2 Å². The van der Waals surface area contributed by atoms with Crippen LogP contribution in [-0.2, 0) is 32.6 Å². The quantitative estimate of drug-likeness (QED) is 0.371. The lowest BCUT2D eigenvalue weighted by Crippen LogP contribution is -2.49. The number of hydrogen-bond donors (Lipinski definition) is 1. The Labute approximate surface area is 224 Å². The Hall–Kier alpha value is -3.36. The maximum absolute atomic E-state index is 13.6. The first-order chi connectivity index (χ1) is 17.7. The number of benzene rings is 3. The molecule has 0 saturated heterocycles. The van der Waals surface area contributed by atoms with Gasteiger partial charge in [-0.25, -0.2) is 8.42 Å². The van der Waals surface area contributed by atoms with Gasteiger partial charge in [-0.3, -0.25) is 13.9 Å². The Kier molecular flexibility index (Phi) is 10.1. The minimum absolute atomic E-state index is 0.0781. The lowest BCUT2D eigenvalue weighted by Gasteiger charge is -2.31. The first-order valence-electron chi connectivity index (χ1n) is 12.0. The smallest absolute Gasteiger partial charge is 0.242 e. The molecular weight excluding hydrogens is 510 g/mol. The van der Waals surface area contributed by atoms with E-state index in [-0.39, 0.29) is 37.7 Å². The summed E-state index contributed by atoms with van der Waals surface area (Å²) in [5.41, 5.74) is 2.32. The topological polar surface area (TPSA) is 86.8 Å². The van der Waals surface area contributed by atoms with Crippen LogP contribution in [0.3, 0.4) is 0 Å². The predicted molar refractivity (Wildman–Crippen MR) is 148 cm³/mol. The van der Waals surface area contributed by atoms with Crippen LogP contribution in [0.1, 0.15) is 24.0 Å². The highest BCUT2D eigenvalue weighted by molar-refractivity contribution is 7.92. The Morgan fingerprint density at radius 1 is 0.892 bits per heavy atom. The third-order valence-corrected chi connectivity index (χ3v) is 7.43. The fourth-order valence-corrected chi connectivity index (χ4v) is 5.20. The Morgan fingerprint density at radius 3 is 2.00 bits per heavy atom. The number of likely N-dealkylation sites (N-methyl/N-ethyl adjacent to an activating group) is 1. The van der Waals surface area contributed by atoms with Gasteiger partial charge in [0.25, 0.3) is 0 Å². The molecule has 3 rings (SSSR count). The zero-order chi connectivity index (χ0) is 26.8. The van der Waals surface area contributed by atoms with Crippen LogP contribution in [0.25, 0.3) is 0 Å². The van der Waals surface area contributed by atoms with Crippen LogP contribution in [0.2, 0.25) is 5.02 Å². The predicted octanol–water partition coefficient (Wildman–Crippen LogP) is 4.27. The summed E-state index contributed by atoms with van der Waals surface area (Å²) in [6.45, 7) is 0.381. The summed E-state index contributed by atoms with van der Waals surface area (Å²) in [5.74, 6) is -0.481. The maximum atomic E-state index is 13.6. The van der Waals surface area contributed by atoms with Gasteiger partial charge in [0.2, 0.25) is 21.8 Å². The van der Waals surface area contributed by atoms with Crippen LogP contribution in [0.5, 0.6) is 0 Å². The van der Waals surface area contributed by atoms with E-state index in [1.165, 1.54) is 4.31 Å². The standard InChI is InChI=1S/C28H32ClN3O4S/c1-30-28(34)26(20-22-10-5-3-6-11-22)31(21-23-12-7-4-8-13-23)27(33)14-9-19-32(37(2,35)36)25-17-15-24(29)16-18-25/h3-8,10-13,15-18,26H,9,14,19-21H2,1-2H3,(H,30,34)/t26-/m0/s1. The van der Waals surface area contributed by atoms with Crippen molar-refractivity contribution in [3.8, 4) is 0 Å². The molecule has 0 radical (unpaired) electrons. The highest BCUT2D eigenvalue weighted by atomic mass is 35.5. The van der Waals surface area contributed by atoms with Gasteiger partial charge in [0.15, 0.2) is 0 Å². The highest BCUT2D eigenvalue weighted by Gasteiger charge is 2.30. The number of amides is 2. The molecule has 7 nitrogen and oxygen atoms in total.